The number of nitrogens with zero attached hydrogens (tertiary/aromatic N) is 1. The highest BCUT2D eigenvalue weighted by Crippen LogP contribution is 2.23. The molecule has 1 fully saturated rings. The van der Waals surface area contributed by atoms with Crippen LogP contribution in [0.1, 0.15) is 12.0 Å². The van der Waals surface area contributed by atoms with Crippen LogP contribution in [0.3, 0.4) is 0 Å². The van der Waals surface area contributed by atoms with E-state index >= 15 is 0 Å². The highest BCUT2D eigenvalue weighted by atomic mass is 19.4. The van der Waals surface area contributed by atoms with Gasteiger partial charge in [0, 0.05) is 13.1 Å². The number of rotatable bonds is 3. The highest BCUT2D eigenvalue weighted by Gasteiger charge is 2.34. The van der Waals surface area contributed by atoms with Crippen molar-refractivity contribution in [3.8, 4) is 5.75 Å². The standard InChI is InChI=1S/C13H16F3NO/c1-10-3-2-4-11(7-10)18-12-5-6-17(8-12)9-13(14,15)16/h2-4,7,12H,5-6,8-9H2,1H3/t12-/m0/s1. The van der Waals surface area contributed by atoms with Crippen molar-refractivity contribution in [1.82, 2.24) is 4.90 Å². The van der Waals surface area contributed by atoms with E-state index in [1.165, 1.54) is 4.90 Å². The highest BCUT2D eigenvalue weighted by molar-refractivity contribution is 5.27. The van der Waals surface area contributed by atoms with Crippen molar-refractivity contribution in [2.45, 2.75) is 25.6 Å². The predicted molar refractivity (Wildman–Crippen MR) is 62.7 cm³/mol. The number of alkyl halides is 3. The lowest BCUT2D eigenvalue weighted by molar-refractivity contribution is -0.144. The lowest BCUT2D eigenvalue weighted by Gasteiger charge is -2.18. The predicted octanol–water partition coefficient (Wildman–Crippen LogP) is 3.01. The maximum Gasteiger partial charge on any atom is 0.401 e. The smallest absolute Gasteiger partial charge is 0.401 e. The maximum atomic E-state index is 12.2. The number of halogens is 3. The molecule has 1 aliphatic rings. The molecule has 0 aliphatic carbocycles. The molecular weight excluding hydrogens is 243 g/mol. The summed E-state index contributed by atoms with van der Waals surface area (Å²) in [6, 6.07) is 7.57. The minimum absolute atomic E-state index is 0.144. The Kier molecular flexibility index (Phi) is 3.80. The van der Waals surface area contributed by atoms with E-state index < -0.39 is 12.7 Å². The van der Waals surface area contributed by atoms with Crippen LogP contribution in [0.2, 0.25) is 0 Å². The molecule has 5 heteroatoms. The fraction of sp³-hybridized carbons (Fsp3) is 0.538. The summed E-state index contributed by atoms with van der Waals surface area (Å²) in [6.45, 7) is 1.89. The Morgan fingerprint density at radius 2 is 2.17 bits per heavy atom. The van der Waals surface area contributed by atoms with Crippen molar-refractivity contribution in [3.05, 3.63) is 29.8 Å². The molecule has 0 bridgehead atoms. The van der Waals surface area contributed by atoms with Crippen molar-refractivity contribution in [1.29, 1.82) is 0 Å². The van der Waals surface area contributed by atoms with Gasteiger partial charge in [0.2, 0.25) is 0 Å². The first kappa shape index (κ1) is 13.2. The van der Waals surface area contributed by atoms with Crippen molar-refractivity contribution >= 4 is 0 Å². The molecule has 2 rings (SSSR count). The molecule has 1 saturated heterocycles. The normalized spacial score (nSPS) is 21.2. The Morgan fingerprint density at radius 3 is 2.83 bits per heavy atom. The van der Waals surface area contributed by atoms with Crippen LogP contribution in [-0.2, 0) is 0 Å². The third-order valence-electron chi connectivity index (χ3n) is 2.92. The van der Waals surface area contributed by atoms with E-state index in [9.17, 15) is 13.2 Å². The van der Waals surface area contributed by atoms with Gasteiger partial charge in [-0.3, -0.25) is 4.90 Å². The molecule has 1 atom stereocenters. The van der Waals surface area contributed by atoms with Crippen LogP contribution in [0.15, 0.2) is 24.3 Å². The van der Waals surface area contributed by atoms with Gasteiger partial charge in [0.05, 0.1) is 6.54 Å². The summed E-state index contributed by atoms with van der Waals surface area (Å²) in [6.07, 6.45) is -3.63. The maximum absolute atomic E-state index is 12.2. The Morgan fingerprint density at radius 1 is 1.39 bits per heavy atom. The molecule has 1 aromatic carbocycles. The van der Waals surface area contributed by atoms with Crippen LogP contribution in [0.25, 0.3) is 0 Å². The van der Waals surface area contributed by atoms with E-state index in [1.807, 2.05) is 31.2 Å². The number of aryl methyl sites for hydroxylation is 1. The van der Waals surface area contributed by atoms with Gasteiger partial charge in [-0.05, 0) is 31.0 Å². The second kappa shape index (κ2) is 5.18. The van der Waals surface area contributed by atoms with Gasteiger partial charge in [0.1, 0.15) is 11.9 Å². The summed E-state index contributed by atoms with van der Waals surface area (Å²) in [5.41, 5.74) is 1.08. The Hall–Kier alpha value is -1.23. The molecule has 1 aliphatic heterocycles. The van der Waals surface area contributed by atoms with Crippen LogP contribution in [-0.4, -0.2) is 36.8 Å². The summed E-state index contributed by atoms with van der Waals surface area (Å²) in [5, 5.41) is 0. The fourth-order valence-corrected chi connectivity index (χ4v) is 2.17. The molecule has 0 radical (unpaired) electrons. The topological polar surface area (TPSA) is 12.5 Å². The lowest BCUT2D eigenvalue weighted by atomic mass is 10.2. The molecule has 0 saturated carbocycles. The summed E-state index contributed by atoms with van der Waals surface area (Å²) in [4.78, 5) is 1.39. The third-order valence-corrected chi connectivity index (χ3v) is 2.92. The number of hydrogen-bond acceptors (Lipinski definition) is 2. The summed E-state index contributed by atoms with van der Waals surface area (Å²) >= 11 is 0. The molecule has 0 amide bonds. The zero-order valence-corrected chi connectivity index (χ0v) is 10.2. The zero-order valence-electron chi connectivity index (χ0n) is 10.2. The monoisotopic (exact) mass is 259 g/mol. The molecule has 1 heterocycles. The summed E-state index contributed by atoms with van der Waals surface area (Å²) in [7, 11) is 0. The van der Waals surface area contributed by atoms with E-state index in [4.69, 9.17) is 4.74 Å². The van der Waals surface area contributed by atoms with Crippen molar-refractivity contribution in [2.24, 2.45) is 0 Å². The fourth-order valence-electron chi connectivity index (χ4n) is 2.17. The number of benzene rings is 1. The average molecular weight is 259 g/mol. The molecule has 0 spiro atoms. The molecule has 18 heavy (non-hydrogen) atoms. The minimum Gasteiger partial charge on any atom is -0.489 e. The quantitative estimate of drug-likeness (QED) is 0.827. The van der Waals surface area contributed by atoms with E-state index in [2.05, 4.69) is 0 Å². The van der Waals surface area contributed by atoms with Gasteiger partial charge in [0.25, 0.3) is 0 Å². The number of ether oxygens (including phenoxy) is 1. The van der Waals surface area contributed by atoms with Crippen molar-refractivity contribution < 1.29 is 17.9 Å². The molecule has 0 aromatic heterocycles. The van der Waals surface area contributed by atoms with E-state index in [0.29, 0.717) is 19.5 Å². The first-order valence-corrected chi connectivity index (χ1v) is 5.95. The van der Waals surface area contributed by atoms with Crippen LogP contribution in [0, 0.1) is 6.92 Å². The van der Waals surface area contributed by atoms with Gasteiger partial charge >= 0.3 is 6.18 Å². The van der Waals surface area contributed by atoms with Gasteiger partial charge in [-0.2, -0.15) is 13.2 Å². The Labute approximate surface area is 104 Å². The minimum atomic E-state index is -4.13. The summed E-state index contributed by atoms with van der Waals surface area (Å²) < 4.78 is 42.4. The van der Waals surface area contributed by atoms with Gasteiger partial charge in [-0.1, -0.05) is 12.1 Å². The SMILES string of the molecule is Cc1cccc(O[C@H]2CCN(CC(F)(F)F)C2)c1. The van der Waals surface area contributed by atoms with Crippen LogP contribution < -0.4 is 4.74 Å². The first-order chi connectivity index (χ1) is 8.42. The molecule has 2 nitrogen and oxygen atoms in total. The zero-order chi connectivity index (χ0) is 13.2. The van der Waals surface area contributed by atoms with Crippen molar-refractivity contribution in [3.63, 3.8) is 0 Å². The first-order valence-electron chi connectivity index (χ1n) is 5.95. The number of likely N-dealkylation sites (tertiary alicyclic amines) is 1. The molecule has 1 aromatic rings. The Bertz CT molecular complexity index is 405. The third kappa shape index (κ3) is 3.91. The number of hydrogen-bond donors (Lipinski definition) is 0. The summed E-state index contributed by atoms with van der Waals surface area (Å²) in [5.74, 6) is 0.730. The van der Waals surface area contributed by atoms with E-state index in [-0.39, 0.29) is 6.10 Å². The largest absolute Gasteiger partial charge is 0.489 e. The van der Waals surface area contributed by atoms with Gasteiger partial charge < -0.3 is 4.74 Å². The molecular formula is C13H16F3NO. The second-order valence-corrected chi connectivity index (χ2v) is 4.70. The van der Waals surface area contributed by atoms with Gasteiger partial charge in [-0.25, -0.2) is 0 Å². The van der Waals surface area contributed by atoms with Crippen LogP contribution >= 0.6 is 0 Å². The Balaban J connectivity index is 1.86. The second-order valence-electron chi connectivity index (χ2n) is 4.70. The molecule has 100 valence electrons. The van der Waals surface area contributed by atoms with Crippen molar-refractivity contribution in [2.75, 3.05) is 19.6 Å². The molecule has 0 unspecified atom stereocenters. The van der Waals surface area contributed by atoms with Crippen LogP contribution in [0.4, 0.5) is 13.2 Å². The van der Waals surface area contributed by atoms with Gasteiger partial charge in [-0.15, -0.1) is 0 Å². The van der Waals surface area contributed by atoms with E-state index in [0.717, 1.165) is 11.3 Å². The van der Waals surface area contributed by atoms with Gasteiger partial charge in [0.15, 0.2) is 0 Å². The lowest BCUT2D eigenvalue weighted by Crippen LogP contribution is -2.33. The van der Waals surface area contributed by atoms with Crippen LogP contribution in [0.5, 0.6) is 5.75 Å². The van der Waals surface area contributed by atoms with E-state index in [1.54, 1.807) is 0 Å². The average Bonchev–Trinajstić information content (AvgIpc) is 2.62. The molecule has 0 N–H and O–H groups in total.